The molecule has 2 unspecified atom stereocenters. The number of carbonyl (C=O) groups is 3. The fourth-order valence-corrected chi connectivity index (χ4v) is 8.56. The Morgan fingerprint density at radius 3 is 2.00 bits per heavy atom. The molecule has 2 N–H and O–H groups in total. The van der Waals surface area contributed by atoms with E-state index in [2.05, 4.69) is 40.7 Å². The highest BCUT2D eigenvalue weighted by Crippen LogP contribution is 2.46. The van der Waals surface area contributed by atoms with Gasteiger partial charge in [0, 0.05) is 72.7 Å². The first kappa shape index (κ1) is 57.1. The zero-order valence-corrected chi connectivity index (χ0v) is 42.8. The van der Waals surface area contributed by atoms with Gasteiger partial charge in [-0.25, -0.2) is 4.98 Å². The molecule has 0 aliphatic carbocycles. The van der Waals surface area contributed by atoms with Gasteiger partial charge in [0.05, 0.1) is 103 Å². The Labute approximate surface area is 435 Å². The average molecular weight is 1040 g/mol. The average Bonchev–Trinajstić information content (AvgIpc) is 3.81. The summed E-state index contributed by atoms with van der Waals surface area (Å²) in [6.07, 6.45) is 4.91. The first-order chi connectivity index (χ1) is 36.6. The van der Waals surface area contributed by atoms with Gasteiger partial charge in [-0.1, -0.05) is 54.4 Å². The third-order valence-electron chi connectivity index (χ3n) is 12.0. The lowest BCUT2D eigenvalue weighted by Gasteiger charge is -2.42. The summed E-state index contributed by atoms with van der Waals surface area (Å²) in [6, 6.07) is 20.2. The predicted molar refractivity (Wildman–Crippen MR) is 276 cm³/mol. The molecular formula is C51H66BN11O12. The summed E-state index contributed by atoms with van der Waals surface area (Å²) < 4.78 is 55.4. The number of nitrogens with zero attached hydrogens (tertiary/aromatic N) is 9. The van der Waals surface area contributed by atoms with Gasteiger partial charge < -0.3 is 57.6 Å². The molecule has 3 heterocycles. The van der Waals surface area contributed by atoms with Crippen molar-refractivity contribution in [2.45, 2.75) is 46.0 Å². The van der Waals surface area contributed by atoms with Crippen LogP contribution in [0.5, 0.6) is 17.2 Å². The van der Waals surface area contributed by atoms with Gasteiger partial charge in [-0.15, -0.1) is 0 Å². The highest BCUT2D eigenvalue weighted by atomic mass is 16.6. The van der Waals surface area contributed by atoms with Gasteiger partial charge in [-0.3, -0.25) is 19.4 Å². The fraction of sp³-hybridized carbons (Fsp3) is 0.490. The summed E-state index contributed by atoms with van der Waals surface area (Å²) in [6.45, 7) is 8.50. The summed E-state index contributed by atoms with van der Waals surface area (Å²) in [5.41, 5.74) is 20.2. The van der Waals surface area contributed by atoms with Crippen molar-refractivity contribution in [2.24, 2.45) is 22.1 Å². The largest absolute Gasteiger partial charge is 0.675 e. The first-order valence-corrected chi connectivity index (χ1v) is 25.1. The number of Topliss-reactive ketones (excluding diaryl/α,β-unsaturated/α-hetero) is 1. The molecule has 2 amide bonds. The maximum atomic E-state index is 14.9. The molecule has 0 saturated carbocycles. The quantitative estimate of drug-likeness (QED) is 0.0125. The number of azide groups is 2. The molecule has 0 fully saturated rings. The van der Waals surface area contributed by atoms with Crippen LogP contribution in [0.2, 0.25) is 0 Å². The Kier molecular flexibility index (Phi) is 23.6. The van der Waals surface area contributed by atoms with Gasteiger partial charge in [0.1, 0.15) is 29.5 Å². The third kappa shape index (κ3) is 17.5. The number of ether oxygens (including phenoxy) is 7. The van der Waals surface area contributed by atoms with Gasteiger partial charge in [-0.05, 0) is 65.7 Å². The lowest BCUT2D eigenvalue weighted by Crippen LogP contribution is -2.71. The molecule has 0 bridgehead atoms. The van der Waals surface area contributed by atoms with E-state index < -0.39 is 18.5 Å². The summed E-state index contributed by atoms with van der Waals surface area (Å²) in [5.74, 6) is -1.11. The van der Waals surface area contributed by atoms with E-state index in [1.807, 2.05) is 73.8 Å². The van der Waals surface area contributed by atoms with Crippen LogP contribution in [-0.2, 0) is 39.6 Å². The predicted octanol–water partition coefficient (Wildman–Crippen LogP) is 6.38. The Hall–Kier alpha value is -7.14. The molecular weight excluding hydrogens is 969 g/mol. The van der Waals surface area contributed by atoms with Crippen LogP contribution >= 0.6 is 0 Å². The fourth-order valence-electron chi connectivity index (χ4n) is 8.56. The van der Waals surface area contributed by atoms with E-state index in [0.717, 1.165) is 16.8 Å². The topological polar surface area (TPSA) is 285 Å². The van der Waals surface area contributed by atoms with Crippen LogP contribution in [0.4, 0.5) is 5.69 Å². The van der Waals surface area contributed by atoms with Gasteiger partial charge in [0.15, 0.2) is 11.5 Å². The second kappa shape index (κ2) is 30.9. The number of hydrogen-bond acceptors (Lipinski definition) is 16. The van der Waals surface area contributed by atoms with E-state index in [1.165, 1.54) is 18.6 Å². The van der Waals surface area contributed by atoms with Crippen molar-refractivity contribution in [1.29, 1.82) is 0 Å². The molecule has 4 aromatic rings. The van der Waals surface area contributed by atoms with Gasteiger partial charge in [0.2, 0.25) is 5.91 Å². The van der Waals surface area contributed by atoms with Crippen molar-refractivity contribution in [3.05, 3.63) is 129 Å². The lowest BCUT2D eigenvalue weighted by molar-refractivity contribution is -0.327. The number of benzene rings is 3. The van der Waals surface area contributed by atoms with Crippen molar-refractivity contribution in [3.63, 3.8) is 0 Å². The minimum atomic E-state index is -2.68. The van der Waals surface area contributed by atoms with Crippen molar-refractivity contribution < 1.29 is 61.3 Å². The summed E-state index contributed by atoms with van der Waals surface area (Å²) >= 11 is 0. The van der Waals surface area contributed by atoms with Crippen LogP contribution in [0.25, 0.3) is 20.9 Å². The maximum Gasteiger partial charge on any atom is 0.675 e. The molecule has 75 heavy (non-hydrogen) atoms. The van der Waals surface area contributed by atoms with E-state index in [9.17, 15) is 14.4 Å². The van der Waals surface area contributed by atoms with E-state index in [1.54, 1.807) is 18.2 Å². The second-order valence-electron chi connectivity index (χ2n) is 17.8. The van der Waals surface area contributed by atoms with Crippen LogP contribution in [0, 0.1) is 11.8 Å². The normalized spacial score (nSPS) is 15.0. The standard InChI is InChI=1S/C51H66BN11O12/c1-37(2)31-49(60-51(66)41(32-39-7-5-4-6-8-39)33-46(64)44-36-55-13-14-56-44)52-63(38(3)43-35-42(10-12-47(43)74-52)73-30-29-72-28-27-71-26-23-69-20-17-59-62-54)45-11-9-40(34-48(45)75-52)50(65)57-15-18-67-21-24-70-25-22-68-19-16-58-61-53/h4-14,34-37,41,49H,15-33H2,1-3H3,(H,57,65)(H,60,66)/t41?,49-,52?/m0/s1. The Balaban J connectivity index is 1.18. The number of nitrogens with one attached hydrogen (secondary N) is 2. The molecule has 0 radical (unpaired) electrons. The van der Waals surface area contributed by atoms with Crippen molar-refractivity contribution in [1.82, 2.24) is 20.6 Å². The highest BCUT2D eigenvalue weighted by molar-refractivity contribution is 6.65. The van der Waals surface area contributed by atoms with Crippen molar-refractivity contribution >= 4 is 35.7 Å². The number of carbonyl (C=O) groups excluding carboxylic acids is 3. The highest BCUT2D eigenvalue weighted by Gasteiger charge is 2.63. The molecule has 2 aliphatic rings. The second-order valence-corrected chi connectivity index (χ2v) is 17.8. The van der Waals surface area contributed by atoms with E-state index in [0.29, 0.717) is 108 Å². The molecule has 400 valence electrons. The van der Waals surface area contributed by atoms with Crippen LogP contribution in [-0.4, -0.2) is 156 Å². The zero-order valence-electron chi connectivity index (χ0n) is 42.8. The van der Waals surface area contributed by atoms with Gasteiger partial charge in [-0.2, -0.15) is 0 Å². The zero-order chi connectivity index (χ0) is 53.1. The number of rotatable bonds is 36. The SMILES string of the molecule is CC1=[N+]2c3ccc(C(=O)NCCOCCOCCOCCN=[N+]=[N-])cc3O[B-]2([C@H](CC(C)C)NC(=O)C(CC(=O)c2cnccn2)Cc2ccccc2)Oc2ccc(OCCOCCOCCOCCN=[N+]=[N-])cc21. The molecule has 3 atom stereocenters. The molecule has 24 heteroatoms. The number of fused-ring (bicyclic) bond motifs is 4. The molecule has 1 aromatic heterocycles. The van der Waals surface area contributed by atoms with E-state index in [4.69, 9.17) is 53.5 Å². The van der Waals surface area contributed by atoms with E-state index >= 15 is 0 Å². The molecule has 0 saturated heterocycles. The summed E-state index contributed by atoms with van der Waals surface area (Å²) in [4.78, 5) is 55.9. The van der Waals surface area contributed by atoms with Gasteiger partial charge >= 0.3 is 6.69 Å². The smallest absolute Gasteiger partial charge is 0.621 e. The van der Waals surface area contributed by atoms with Crippen LogP contribution < -0.4 is 24.7 Å². The van der Waals surface area contributed by atoms with E-state index in [-0.39, 0.29) is 74.9 Å². The minimum absolute atomic E-state index is 0.0327. The molecule has 0 spiro atoms. The number of aromatic nitrogens is 2. The van der Waals surface area contributed by atoms with Crippen molar-refractivity contribution in [2.75, 3.05) is 106 Å². The maximum absolute atomic E-state index is 14.9. The summed E-state index contributed by atoms with van der Waals surface area (Å²) in [7, 11) is 0. The number of ketones is 1. The Bertz CT molecular complexity index is 2610. The first-order valence-electron chi connectivity index (χ1n) is 25.1. The summed E-state index contributed by atoms with van der Waals surface area (Å²) in [5, 5.41) is 13.1. The number of amides is 2. The molecule has 3 aromatic carbocycles. The van der Waals surface area contributed by atoms with Crippen LogP contribution in [0.15, 0.2) is 95.5 Å². The van der Waals surface area contributed by atoms with Crippen LogP contribution in [0.1, 0.15) is 65.6 Å². The molecule has 6 rings (SSSR count). The minimum Gasteiger partial charge on any atom is -0.621 e. The number of hydrogen-bond donors (Lipinski definition) is 2. The van der Waals surface area contributed by atoms with Gasteiger partial charge in [0.25, 0.3) is 5.91 Å². The molecule has 2 aliphatic heterocycles. The monoisotopic (exact) mass is 1040 g/mol. The van der Waals surface area contributed by atoms with Crippen molar-refractivity contribution in [3.8, 4) is 17.2 Å². The third-order valence-corrected chi connectivity index (χ3v) is 12.0. The lowest BCUT2D eigenvalue weighted by atomic mass is 9.58. The van der Waals surface area contributed by atoms with Crippen LogP contribution in [0.3, 0.4) is 0 Å². The molecule has 23 nitrogen and oxygen atoms in total. The Morgan fingerprint density at radius 1 is 0.747 bits per heavy atom. The Morgan fingerprint density at radius 2 is 1.37 bits per heavy atom.